The van der Waals surface area contributed by atoms with Gasteiger partial charge in [-0.1, -0.05) is 18.2 Å². The standard InChI is InChI=1S/C12H14O4/c1-8(11(13)15-2)9-6-4-5-7-10(9)12(14)16-3/h4-8H,1-3H3. The topological polar surface area (TPSA) is 52.6 Å². The molecule has 0 aromatic heterocycles. The molecule has 1 atom stereocenters. The molecule has 1 aromatic carbocycles. The van der Waals surface area contributed by atoms with Crippen molar-refractivity contribution < 1.29 is 19.1 Å². The lowest BCUT2D eigenvalue weighted by Gasteiger charge is -2.12. The zero-order valence-corrected chi connectivity index (χ0v) is 9.52. The van der Waals surface area contributed by atoms with Gasteiger partial charge in [0.15, 0.2) is 0 Å². The summed E-state index contributed by atoms with van der Waals surface area (Å²) in [6.45, 7) is 1.69. The van der Waals surface area contributed by atoms with Crippen molar-refractivity contribution in [2.24, 2.45) is 0 Å². The van der Waals surface area contributed by atoms with E-state index >= 15 is 0 Å². The molecule has 0 saturated carbocycles. The fourth-order valence-electron chi connectivity index (χ4n) is 1.47. The molecule has 1 unspecified atom stereocenters. The molecule has 0 aliphatic rings. The van der Waals surface area contributed by atoms with E-state index in [1.807, 2.05) is 0 Å². The maximum Gasteiger partial charge on any atom is 0.338 e. The van der Waals surface area contributed by atoms with E-state index in [9.17, 15) is 9.59 Å². The lowest BCUT2D eigenvalue weighted by atomic mass is 9.96. The Bertz CT molecular complexity index is 398. The summed E-state index contributed by atoms with van der Waals surface area (Å²) in [6, 6.07) is 6.83. The van der Waals surface area contributed by atoms with Crippen LogP contribution in [-0.4, -0.2) is 26.2 Å². The van der Waals surface area contributed by atoms with Crippen LogP contribution >= 0.6 is 0 Å². The van der Waals surface area contributed by atoms with E-state index in [4.69, 9.17) is 0 Å². The van der Waals surface area contributed by atoms with Crippen LogP contribution in [0.1, 0.15) is 28.8 Å². The SMILES string of the molecule is COC(=O)c1ccccc1C(C)C(=O)OC. The van der Waals surface area contributed by atoms with Crippen LogP contribution in [0.2, 0.25) is 0 Å². The van der Waals surface area contributed by atoms with E-state index in [-0.39, 0.29) is 5.97 Å². The maximum absolute atomic E-state index is 11.5. The third-order valence-electron chi connectivity index (χ3n) is 2.39. The molecule has 4 nitrogen and oxygen atoms in total. The smallest absolute Gasteiger partial charge is 0.338 e. The molecule has 0 bridgehead atoms. The molecule has 0 amide bonds. The molecule has 0 fully saturated rings. The first kappa shape index (κ1) is 12.2. The number of carbonyl (C=O) groups is 2. The predicted octanol–water partition coefficient (Wildman–Crippen LogP) is 1.75. The molecule has 0 radical (unpaired) electrons. The fourth-order valence-corrected chi connectivity index (χ4v) is 1.47. The Morgan fingerprint density at radius 2 is 1.75 bits per heavy atom. The van der Waals surface area contributed by atoms with Crippen molar-refractivity contribution in [1.82, 2.24) is 0 Å². The summed E-state index contributed by atoms with van der Waals surface area (Å²) in [6.07, 6.45) is 0. The molecule has 0 saturated heterocycles. The first-order valence-corrected chi connectivity index (χ1v) is 4.87. The second-order valence-corrected chi connectivity index (χ2v) is 3.32. The Morgan fingerprint density at radius 3 is 2.31 bits per heavy atom. The molecule has 86 valence electrons. The molecule has 1 rings (SSSR count). The number of ether oxygens (including phenoxy) is 2. The van der Waals surface area contributed by atoms with Crippen molar-refractivity contribution in [3.8, 4) is 0 Å². The Morgan fingerprint density at radius 1 is 1.12 bits per heavy atom. The van der Waals surface area contributed by atoms with Crippen LogP contribution in [0.3, 0.4) is 0 Å². The van der Waals surface area contributed by atoms with E-state index in [0.29, 0.717) is 11.1 Å². The molecule has 4 heteroatoms. The normalized spacial score (nSPS) is 11.7. The van der Waals surface area contributed by atoms with E-state index < -0.39 is 11.9 Å². The second-order valence-electron chi connectivity index (χ2n) is 3.32. The first-order chi connectivity index (χ1) is 7.61. The van der Waals surface area contributed by atoms with Crippen LogP contribution in [0, 0.1) is 0 Å². The lowest BCUT2D eigenvalue weighted by Crippen LogP contribution is -2.15. The Hall–Kier alpha value is -1.84. The summed E-state index contributed by atoms with van der Waals surface area (Å²) in [7, 11) is 2.63. The minimum absolute atomic E-state index is 0.378. The number of methoxy groups -OCH3 is 2. The summed E-state index contributed by atoms with van der Waals surface area (Å²) in [4.78, 5) is 22.9. The van der Waals surface area contributed by atoms with Crippen LogP contribution in [0.5, 0.6) is 0 Å². The second kappa shape index (κ2) is 5.30. The van der Waals surface area contributed by atoms with Crippen molar-refractivity contribution in [2.45, 2.75) is 12.8 Å². The highest BCUT2D eigenvalue weighted by atomic mass is 16.5. The molecular weight excluding hydrogens is 208 g/mol. The number of benzene rings is 1. The highest BCUT2D eigenvalue weighted by Crippen LogP contribution is 2.21. The largest absolute Gasteiger partial charge is 0.469 e. The van der Waals surface area contributed by atoms with Gasteiger partial charge in [0.25, 0.3) is 0 Å². The van der Waals surface area contributed by atoms with Gasteiger partial charge in [-0.05, 0) is 18.6 Å². The maximum atomic E-state index is 11.5. The minimum atomic E-state index is -0.486. The van der Waals surface area contributed by atoms with Gasteiger partial charge in [0.1, 0.15) is 0 Å². The Labute approximate surface area is 94.2 Å². The van der Waals surface area contributed by atoms with Gasteiger partial charge >= 0.3 is 11.9 Å². The van der Waals surface area contributed by atoms with Crippen LogP contribution in [0.15, 0.2) is 24.3 Å². The van der Waals surface area contributed by atoms with E-state index in [0.717, 1.165) is 0 Å². The number of esters is 2. The van der Waals surface area contributed by atoms with Crippen molar-refractivity contribution in [2.75, 3.05) is 14.2 Å². The summed E-state index contributed by atoms with van der Waals surface area (Å²) >= 11 is 0. The number of rotatable bonds is 3. The predicted molar refractivity (Wildman–Crippen MR) is 58.2 cm³/mol. The van der Waals surface area contributed by atoms with Crippen molar-refractivity contribution in [3.05, 3.63) is 35.4 Å². The van der Waals surface area contributed by atoms with Gasteiger partial charge in [-0.3, -0.25) is 4.79 Å². The van der Waals surface area contributed by atoms with Gasteiger partial charge in [-0.15, -0.1) is 0 Å². The van der Waals surface area contributed by atoms with Crippen LogP contribution in [-0.2, 0) is 14.3 Å². The third kappa shape index (κ3) is 2.39. The molecule has 0 spiro atoms. The third-order valence-corrected chi connectivity index (χ3v) is 2.39. The summed E-state index contributed by atoms with van der Waals surface area (Å²) in [5, 5.41) is 0. The fraction of sp³-hybridized carbons (Fsp3) is 0.333. The first-order valence-electron chi connectivity index (χ1n) is 4.87. The van der Waals surface area contributed by atoms with Gasteiger partial charge in [0.05, 0.1) is 25.7 Å². The average Bonchev–Trinajstić information content (AvgIpc) is 2.35. The van der Waals surface area contributed by atoms with Crippen LogP contribution < -0.4 is 0 Å². The monoisotopic (exact) mass is 222 g/mol. The molecular formula is C12H14O4. The molecule has 0 aliphatic carbocycles. The Balaban J connectivity index is 3.13. The van der Waals surface area contributed by atoms with Crippen molar-refractivity contribution >= 4 is 11.9 Å². The average molecular weight is 222 g/mol. The quantitative estimate of drug-likeness (QED) is 0.731. The van der Waals surface area contributed by atoms with Crippen LogP contribution in [0.25, 0.3) is 0 Å². The van der Waals surface area contributed by atoms with Gasteiger partial charge in [0.2, 0.25) is 0 Å². The van der Waals surface area contributed by atoms with Crippen molar-refractivity contribution in [3.63, 3.8) is 0 Å². The highest BCUT2D eigenvalue weighted by Gasteiger charge is 2.21. The molecule has 0 heterocycles. The number of hydrogen-bond acceptors (Lipinski definition) is 4. The zero-order chi connectivity index (χ0) is 12.1. The Kier molecular flexibility index (Phi) is 4.05. The summed E-state index contributed by atoms with van der Waals surface area (Å²) < 4.78 is 9.29. The highest BCUT2D eigenvalue weighted by molar-refractivity contribution is 5.93. The van der Waals surface area contributed by atoms with E-state index in [1.54, 1.807) is 31.2 Å². The molecule has 1 aromatic rings. The number of carbonyl (C=O) groups excluding carboxylic acids is 2. The molecule has 0 N–H and O–H groups in total. The van der Waals surface area contributed by atoms with Gasteiger partial charge in [-0.2, -0.15) is 0 Å². The van der Waals surface area contributed by atoms with Crippen LogP contribution in [0.4, 0.5) is 0 Å². The number of hydrogen-bond donors (Lipinski definition) is 0. The minimum Gasteiger partial charge on any atom is -0.469 e. The molecule has 16 heavy (non-hydrogen) atoms. The van der Waals surface area contributed by atoms with Gasteiger partial charge < -0.3 is 9.47 Å². The van der Waals surface area contributed by atoms with E-state index in [1.165, 1.54) is 14.2 Å². The lowest BCUT2D eigenvalue weighted by molar-refractivity contribution is -0.141. The summed E-state index contributed by atoms with van der Waals surface area (Å²) in [5.41, 5.74) is 1.00. The van der Waals surface area contributed by atoms with E-state index in [2.05, 4.69) is 9.47 Å². The van der Waals surface area contributed by atoms with Crippen molar-refractivity contribution in [1.29, 1.82) is 0 Å². The van der Waals surface area contributed by atoms with Gasteiger partial charge in [-0.25, -0.2) is 4.79 Å². The summed E-state index contributed by atoms with van der Waals surface area (Å²) in [5.74, 6) is -1.32. The zero-order valence-electron chi connectivity index (χ0n) is 9.52. The van der Waals surface area contributed by atoms with Gasteiger partial charge in [0, 0.05) is 0 Å². The molecule has 0 aliphatic heterocycles.